The van der Waals surface area contributed by atoms with Crippen molar-refractivity contribution in [3.05, 3.63) is 35.6 Å². The zero-order valence-corrected chi connectivity index (χ0v) is 11.6. The van der Waals surface area contributed by atoms with E-state index in [1.807, 2.05) is 31.2 Å². The molecule has 1 saturated carbocycles. The molecule has 0 N–H and O–H groups in total. The van der Waals surface area contributed by atoms with Gasteiger partial charge in [-0.1, -0.05) is 38.5 Å². The number of furan rings is 1. The molecular formula is C17H20O2. The van der Waals surface area contributed by atoms with Crippen LogP contribution >= 0.6 is 0 Å². The number of benzene rings is 1. The maximum absolute atomic E-state index is 12.9. The van der Waals surface area contributed by atoms with Gasteiger partial charge in [-0.05, 0) is 24.8 Å². The molecule has 1 heterocycles. The van der Waals surface area contributed by atoms with Crippen LogP contribution in [0.1, 0.15) is 49.2 Å². The lowest BCUT2D eigenvalue weighted by Gasteiger charge is -2.13. The molecule has 1 aliphatic carbocycles. The third kappa shape index (κ3) is 1.99. The van der Waals surface area contributed by atoms with Crippen LogP contribution in [0.2, 0.25) is 0 Å². The average Bonchev–Trinajstić information content (AvgIpc) is 3.01. The third-order valence-corrected chi connectivity index (χ3v) is 4.43. The minimum absolute atomic E-state index is 0.186. The number of hydrogen-bond donors (Lipinski definition) is 0. The summed E-state index contributed by atoms with van der Waals surface area (Å²) in [6.45, 7) is 4.25. The molecule has 1 aromatic heterocycles. The number of ketones is 1. The molecule has 0 bridgehead atoms. The van der Waals surface area contributed by atoms with Crippen LogP contribution < -0.4 is 0 Å². The molecule has 2 nitrogen and oxygen atoms in total. The van der Waals surface area contributed by atoms with Crippen molar-refractivity contribution >= 4 is 16.8 Å². The Hall–Kier alpha value is -1.57. The first-order valence-electron chi connectivity index (χ1n) is 7.27. The lowest BCUT2D eigenvalue weighted by atomic mass is 9.88. The van der Waals surface area contributed by atoms with Crippen molar-refractivity contribution in [1.29, 1.82) is 0 Å². The average molecular weight is 256 g/mol. The second-order valence-corrected chi connectivity index (χ2v) is 5.63. The Morgan fingerprint density at radius 2 is 2.11 bits per heavy atom. The highest BCUT2D eigenvalue weighted by Crippen LogP contribution is 2.37. The van der Waals surface area contributed by atoms with Gasteiger partial charge in [0, 0.05) is 17.7 Å². The smallest absolute Gasteiger partial charge is 0.170 e. The summed E-state index contributed by atoms with van der Waals surface area (Å²) in [5, 5.41) is 0.989. The van der Waals surface area contributed by atoms with Crippen LogP contribution in [0.5, 0.6) is 0 Å². The molecule has 2 heteroatoms. The summed E-state index contributed by atoms with van der Waals surface area (Å²) in [5.41, 5.74) is 1.69. The van der Waals surface area contributed by atoms with Crippen molar-refractivity contribution in [3.63, 3.8) is 0 Å². The molecule has 0 radical (unpaired) electrons. The van der Waals surface area contributed by atoms with Crippen LogP contribution in [0.4, 0.5) is 0 Å². The molecule has 19 heavy (non-hydrogen) atoms. The van der Waals surface area contributed by atoms with Crippen LogP contribution in [0, 0.1) is 11.8 Å². The van der Waals surface area contributed by atoms with Gasteiger partial charge in [-0.3, -0.25) is 4.79 Å². The van der Waals surface area contributed by atoms with Gasteiger partial charge >= 0.3 is 0 Å². The van der Waals surface area contributed by atoms with E-state index in [1.165, 1.54) is 12.8 Å². The monoisotopic (exact) mass is 256 g/mol. The van der Waals surface area contributed by atoms with E-state index >= 15 is 0 Å². The van der Waals surface area contributed by atoms with Crippen molar-refractivity contribution in [2.24, 2.45) is 11.8 Å². The van der Waals surface area contributed by atoms with Gasteiger partial charge in [0.15, 0.2) is 5.78 Å². The van der Waals surface area contributed by atoms with Gasteiger partial charge in [0.25, 0.3) is 0 Å². The summed E-state index contributed by atoms with van der Waals surface area (Å²) < 4.78 is 5.84. The predicted octanol–water partition coefficient (Wildman–Crippen LogP) is 4.61. The minimum atomic E-state index is 0.186. The Bertz CT molecular complexity index is 609. The van der Waals surface area contributed by atoms with Gasteiger partial charge in [-0.25, -0.2) is 0 Å². The third-order valence-electron chi connectivity index (χ3n) is 4.43. The summed E-state index contributed by atoms with van der Waals surface area (Å²) in [6.07, 6.45) is 4.15. The molecule has 0 amide bonds. The molecule has 2 unspecified atom stereocenters. The zero-order valence-electron chi connectivity index (χ0n) is 11.6. The lowest BCUT2D eigenvalue weighted by molar-refractivity contribution is 0.0896. The van der Waals surface area contributed by atoms with Crippen LogP contribution in [0.15, 0.2) is 28.7 Å². The molecular weight excluding hydrogens is 236 g/mol. The Balaban J connectivity index is 2.10. The minimum Gasteiger partial charge on any atom is -0.460 e. The molecule has 3 rings (SSSR count). The second kappa shape index (κ2) is 4.84. The Kier molecular flexibility index (Phi) is 3.17. The number of carbonyl (C=O) groups is 1. The Morgan fingerprint density at radius 1 is 1.32 bits per heavy atom. The van der Waals surface area contributed by atoms with Crippen LogP contribution in [-0.4, -0.2) is 5.78 Å². The van der Waals surface area contributed by atoms with Crippen LogP contribution in [0.3, 0.4) is 0 Å². The van der Waals surface area contributed by atoms with Gasteiger partial charge in [0.1, 0.15) is 11.3 Å². The molecule has 0 spiro atoms. The van der Waals surface area contributed by atoms with E-state index in [0.717, 1.165) is 35.1 Å². The Labute approximate surface area is 113 Å². The van der Waals surface area contributed by atoms with Crippen molar-refractivity contribution in [2.75, 3.05) is 0 Å². The van der Waals surface area contributed by atoms with E-state index in [2.05, 4.69) is 6.92 Å². The maximum Gasteiger partial charge on any atom is 0.170 e. The molecule has 1 fully saturated rings. The fourth-order valence-electron chi connectivity index (χ4n) is 3.34. The topological polar surface area (TPSA) is 30.2 Å². The van der Waals surface area contributed by atoms with E-state index in [4.69, 9.17) is 4.42 Å². The summed E-state index contributed by atoms with van der Waals surface area (Å²) in [7, 11) is 0. The molecule has 2 aromatic rings. The zero-order chi connectivity index (χ0) is 13.4. The molecule has 1 aliphatic rings. The largest absolute Gasteiger partial charge is 0.460 e. The number of carbonyl (C=O) groups excluding carboxylic acids is 1. The normalized spacial score (nSPS) is 23.1. The highest BCUT2D eigenvalue weighted by molar-refractivity contribution is 6.09. The van der Waals surface area contributed by atoms with Gasteiger partial charge < -0.3 is 4.42 Å². The van der Waals surface area contributed by atoms with E-state index in [0.29, 0.717) is 11.7 Å². The SMILES string of the molecule is CCc1oc2ccccc2c1C(=O)C1CCCC1C. The highest BCUT2D eigenvalue weighted by atomic mass is 16.3. The summed E-state index contributed by atoms with van der Waals surface area (Å²) >= 11 is 0. The second-order valence-electron chi connectivity index (χ2n) is 5.63. The number of fused-ring (bicyclic) bond motifs is 1. The van der Waals surface area contributed by atoms with Crippen molar-refractivity contribution < 1.29 is 9.21 Å². The highest BCUT2D eigenvalue weighted by Gasteiger charge is 2.33. The quantitative estimate of drug-likeness (QED) is 0.750. The van der Waals surface area contributed by atoms with Crippen molar-refractivity contribution in [1.82, 2.24) is 0 Å². The predicted molar refractivity (Wildman–Crippen MR) is 76.4 cm³/mol. The first-order chi connectivity index (χ1) is 9.22. The number of para-hydroxylation sites is 1. The molecule has 100 valence electrons. The van der Waals surface area contributed by atoms with E-state index in [-0.39, 0.29) is 5.92 Å². The van der Waals surface area contributed by atoms with E-state index in [1.54, 1.807) is 0 Å². The van der Waals surface area contributed by atoms with Gasteiger partial charge in [0.2, 0.25) is 0 Å². The van der Waals surface area contributed by atoms with Gasteiger partial charge in [-0.15, -0.1) is 0 Å². The summed E-state index contributed by atoms with van der Waals surface area (Å²) in [6, 6.07) is 7.89. The number of Topliss-reactive ketones (excluding diaryl/α,β-unsaturated/α-hetero) is 1. The van der Waals surface area contributed by atoms with Crippen molar-refractivity contribution in [2.45, 2.75) is 39.5 Å². The maximum atomic E-state index is 12.9. The first kappa shape index (κ1) is 12.5. The first-order valence-corrected chi connectivity index (χ1v) is 7.27. The molecule has 2 atom stereocenters. The Morgan fingerprint density at radius 3 is 2.79 bits per heavy atom. The number of aryl methyl sites for hydroxylation is 1. The van der Waals surface area contributed by atoms with Crippen LogP contribution in [0.25, 0.3) is 11.0 Å². The fourth-order valence-corrected chi connectivity index (χ4v) is 3.34. The summed E-state index contributed by atoms with van der Waals surface area (Å²) in [5.74, 6) is 1.84. The number of rotatable bonds is 3. The molecule has 0 saturated heterocycles. The van der Waals surface area contributed by atoms with Crippen molar-refractivity contribution in [3.8, 4) is 0 Å². The lowest BCUT2D eigenvalue weighted by Crippen LogP contribution is -2.18. The van der Waals surface area contributed by atoms with E-state index < -0.39 is 0 Å². The van der Waals surface area contributed by atoms with Gasteiger partial charge in [0.05, 0.1) is 5.56 Å². The molecule has 1 aromatic carbocycles. The molecule has 0 aliphatic heterocycles. The summed E-state index contributed by atoms with van der Waals surface area (Å²) in [4.78, 5) is 12.9. The fraction of sp³-hybridized carbons (Fsp3) is 0.471. The number of hydrogen-bond acceptors (Lipinski definition) is 2. The van der Waals surface area contributed by atoms with Crippen LogP contribution in [-0.2, 0) is 6.42 Å². The standard InChI is InChI=1S/C17H20O2/c1-3-14-16(13-8-4-5-10-15(13)19-14)17(18)12-9-6-7-11(12)2/h4-5,8,10-12H,3,6-7,9H2,1-2H3. The van der Waals surface area contributed by atoms with E-state index in [9.17, 15) is 4.79 Å². The van der Waals surface area contributed by atoms with Gasteiger partial charge in [-0.2, -0.15) is 0 Å².